The summed E-state index contributed by atoms with van der Waals surface area (Å²) in [5.74, 6) is 2.98. The first-order valence-electron chi connectivity index (χ1n) is 9.06. The van der Waals surface area contributed by atoms with Crippen LogP contribution < -0.4 is 19.5 Å². The zero-order valence-electron chi connectivity index (χ0n) is 16.7. The van der Waals surface area contributed by atoms with Crippen LogP contribution in [0.3, 0.4) is 0 Å². The van der Waals surface area contributed by atoms with Crippen LogP contribution in [-0.4, -0.2) is 31.3 Å². The number of rotatable bonds is 8. The molecule has 6 nitrogen and oxygen atoms in total. The number of ether oxygens (including phenoxy) is 3. The summed E-state index contributed by atoms with van der Waals surface area (Å²) in [6.07, 6.45) is 1.66. The Kier molecular flexibility index (Phi) is 6.97. The van der Waals surface area contributed by atoms with Crippen LogP contribution >= 0.6 is 12.2 Å². The number of anilines is 1. The third-order valence-electron chi connectivity index (χ3n) is 4.38. The first-order valence-corrected chi connectivity index (χ1v) is 9.47. The Balaban J connectivity index is 1.79. The van der Waals surface area contributed by atoms with Gasteiger partial charge in [-0.1, -0.05) is 6.07 Å². The number of thiocarbonyl (C=S) groups is 1. The summed E-state index contributed by atoms with van der Waals surface area (Å²) in [6.45, 7) is 1.10. The maximum atomic E-state index is 5.69. The minimum Gasteiger partial charge on any atom is -0.497 e. The average molecular weight is 413 g/mol. The number of nitrogens with zero attached hydrogens (tertiary/aromatic N) is 1. The van der Waals surface area contributed by atoms with E-state index < -0.39 is 0 Å². The molecule has 0 atom stereocenters. The van der Waals surface area contributed by atoms with E-state index in [1.165, 1.54) is 0 Å². The normalized spacial score (nSPS) is 10.3. The first kappa shape index (κ1) is 20.5. The minimum atomic E-state index is 0.531. The van der Waals surface area contributed by atoms with Gasteiger partial charge in [0.2, 0.25) is 0 Å². The number of hydrogen-bond donors (Lipinski definition) is 1. The van der Waals surface area contributed by atoms with Crippen molar-refractivity contribution in [3.05, 3.63) is 72.2 Å². The highest BCUT2D eigenvalue weighted by molar-refractivity contribution is 7.80. The fourth-order valence-electron chi connectivity index (χ4n) is 2.87. The Bertz CT molecular complexity index is 926. The van der Waals surface area contributed by atoms with Gasteiger partial charge in [0.05, 0.1) is 34.1 Å². The second kappa shape index (κ2) is 9.84. The molecule has 0 saturated carbocycles. The zero-order valence-corrected chi connectivity index (χ0v) is 17.5. The molecule has 0 aliphatic rings. The molecule has 0 fully saturated rings. The number of benzene rings is 2. The fourth-order valence-corrected chi connectivity index (χ4v) is 3.11. The molecule has 0 aliphatic carbocycles. The van der Waals surface area contributed by atoms with Crippen LogP contribution in [0.15, 0.2) is 65.3 Å². The third-order valence-corrected chi connectivity index (χ3v) is 4.74. The monoisotopic (exact) mass is 412 g/mol. The summed E-state index contributed by atoms with van der Waals surface area (Å²) in [5.41, 5.74) is 1.92. The third kappa shape index (κ3) is 5.42. The fraction of sp³-hybridized carbons (Fsp3) is 0.227. The molecule has 1 aromatic heterocycles. The van der Waals surface area contributed by atoms with Crippen molar-refractivity contribution in [2.24, 2.45) is 0 Å². The van der Waals surface area contributed by atoms with E-state index in [1.807, 2.05) is 59.5 Å². The zero-order chi connectivity index (χ0) is 20.6. The minimum absolute atomic E-state index is 0.531. The summed E-state index contributed by atoms with van der Waals surface area (Å²) in [5, 5.41) is 3.87. The molecular formula is C22H24N2O4S. The summed E-state index contributed by atoms with van der Waals surface area (Å²) < 4.78 is 21.5. The number of methoxy groups -OCH3 is 3. The lowest BCUT2D eigenvalue weighted by molar-refractivity contribution is 0.348. The number of nitrogens with one attached hydrogen (secondary N) is 1. The highest BCUT2D eigenvalue weighted by Gasteiger charge is 2.15. The Hall–Kier alpha value is -3.19. The predicted octanol–water partition coefficient (Wildman–Crippen LogP) is 4.70. The SMILES string of the molecule is COc1ccc(NC(=S)N(Cc2ccc(OC)c(OC)c2)Cc2ccco2)cc1. The number of hydrogen-bond acceptors (Lipinski definition) is 5. The lowest BCUT2D eigenvalue weighted by Gasteiger charge is -2.25. The van der Waals surface area contributed by atoms with Crippen molar-refractivity contribution in [1.29, 1.82) is 0 Å². The molecule has 0 saturated heterocycles. The van der Waals surface area contributed by atoms with Crippen LogP contribution in [0.2, 0.25) is 0 Å². The quantitative estimate of drug-likeness (QED) is 0.538. The average Bonchev–Trinajstić information content (AvgIpc) is 3.26. The molecule has 3 aromatic rings. The Morgan fingerprint density at radius 3 is 2.31 bits per heavy atom. The lowest BCUT2D eigenvalue weighted by atomic mass is 10.2. The maximum absolute atomic E-state index is 5.69. The van der Waals surface area contributed by atoms with Crippen molar-refractivity contribution in [2.75, 3.05) is 26.6 Å². The molecule has 0 aliphatic heterocycles. The van der Waals surface area contributed by atoms with Gasteiger partial charge >= 0.3 is 0 Å². The second-order valence-electron chi connectivity index (χ2n) is 6.28. The molecule has 3 rings (SSSR count). The van der Waals surface area contributed by atoms with Crippen molar-refractivity contribution in [3.63, 3.8) is 0 Å². The second-order valence-corrected chi connectivity index (χ2v) is 6.67. The maximum Gasteiger partial charge on any atom is 0.174 e. The molecule has 152 valence electrons. The molecule has 0 amide bonds. The molecule has 0 unspecified atom stereocenters. The number of furan rings is 1. The predicted molar refractivity (Wildman–Crippen MR) is 117 cm³/mol. The van der Waals surface area contributed by atoms with Crippen LogP contribution in [-0.2, 0) is 13.1 Å². The van der Waals surface area contributed by atoms with E-state index >= 15 is 0 Å². The van der Waals surface area contributed by atoms with E-state index in [9.17, 15) is 0 Å². The van der Waals surface area contributed by atoms with Gasteiger partial charge in [0, 0.05) is 12.2 Å². The van der Waals surface area contributed by atoms with Gasteiger partial charge in [-0.2, -0.15) is 0 Å². The van der Waals surface area contributed by atoms with Gasteiger partial charge in [0.15, 0.2) is 16.6 Å². The summed E-state index contributed by atoms with van der Waals surface area (Å²) in [4.78, 5) is 2.03. The van der Waals surface area contributed by atoms with Crippen molar-refractivity contribution >= 4 is 23.0 Å². The smallest absolute Gasteiger partial charge is 0.174 e. The molecule has 0 radical (unpaired) electrons. The highest BCUT2D eigenvalue weighted by atomic mass is 32.1. The first-order chi connectivity index (χ1) is 14.1. The molecule has 29 heavy (non-hydrogen) atoms. The van der Waals surface area contributed by atoms with E-state index in [4.69, 9.17) is 30.8 Å². The van der Waals surface area contributed by atoms with Crippen molar-refractivity contribution in [3.8, 4) is 17.2 Å². The van der Waals surface area contributed by atoms with E-state index in [2.05, 4.69) is 5.32 Å². The topological polar surface area (TPSA) is 56.1 Å². The Morgan fingerprint density at radius 2 is 1.69 bits per heavy atom. The van der Waals surface area contributed by atoms with Gasteiger partial charge in [-0.05, 0) is 66.3 Å². The molecular weight excluding hydrogens is 388 g/mol. The summed E-state index contributed by atoms with van der Waals surface area (Å²) in [7, 11) is 4.88. The largest absolute Gasteiger partial charge is 0.497 e. The van der Waals surface area contributed by atoms with E-state index in [1.54, 1.807) is 27.6 Å². The standard InChI is InChI=1S/C22H24N2O4S/c1-25-18-9-7-17(8-10-18)23-22(29)24(15-19-5-4-12-28-19)14-16-6-11-20(26-2)21(13-16)27-3/h4-13H,14-15H2,1-3H3,(H,23,29). The molecule has 7 heteroatoms. The van der Waals surface area contributed by atoms with Gasteiger partial charge < -0.3 is 28.8 Å². The highest BCUT2D eigenvalue weighted by Crippen LogP contribution is 2.28. The lowest BCUT2D eigenvalue weighted by Crippen LogP contribution is -2.33. The van der Waals surface area contributed by atoms with Crippen molar-refractivity contribution in [2.45, 2.75) is 13.1 Å². The molecule has 0 spiro atoms. The van der Waals surface area contributed by atoms with Gasteiger partial charge in [0.1, 0.15) is 11.5 Å². The van der Waals surface area contributed by atoms with Crippen LogP contribution in [0.1, 0.15) is 11.3 Å². The van der Waals surface area contributed by atoms with Crippen LogP contribution in [0.25, 0.3) is 0 Å². The van der Waals surface area contributed by atoms with Gasteiger partial charge in [-0.3, -0.25) is 0 Å². The Morgan fingerprint density at radius 1 is 0.931 bits per heavy atom. The molecule has 1 heterocycles. The Labute approximate surface area is 176 Å². The van der Waals surface area contributed by atoms with Crippen LogP contribution in [0.5, 0.6) is 17.2 Å². The van der Waals surface area contributed by atoms with Gasteiger partial charge in [0.25, 0.3) is 0 Å². The van der Waals surface area contributed by atoms with Crippen LogP contribution in [0, 0.1) is 0 Å². The summed E-state index contributed by atoms with van der Waals surface area (Å²) in [6, 6.07) is 17.2. The molecule has 0 bridgehead atoms. The van der Waals surface area contributed by atoms with Crippen molar-refractivity contribution < 1.29 is 18.6 Å². The van der Waals surface area contributed by atoms with Gasteiger partial charge in [-0.25, -0.2) is 0 Å². The molecule has 1 N–H and O–H groups in total. The summed E-state index contributed by atoms with van der Waals surface area (Å²) >= 11 is 5.69. The van der Waals surface area contributed by atoms with Crippen LogP contribution in [0.4, 0.5) is 5.69 Å². The van der Waals surface area contributed by atoms with E-state index in [0.29, 0.717) is 29.7 Å². The van der Waals surface area contributed by atoms with Gasteiger partial charge in [-0.15, -0.1) is 0 Å². The van der Waals surface area contributed by atoms with E-state index in [-0.39, 0.29) is 0 Å². The van der Waals surface area contributed by atoms with E-state index in [0.717, 1.165) is 22.8 Å². The van der Waals surface area contributed by atoms with Crippen molar-refractivity contribution in [1.82, 2.24) is 4.90 Å². The molecule has 2 aromatic carbocycles.